The van der Waals surface area contributed by atoms with Gasteiger partial charge in [-0.25, -0.2) is 0 Å². The van der Waals surface area contributed by atoms with Crippen molar-refractivity contribution in [2.45, 2.75) is 32.4 Å². The highest BCUT2D eigenvalue weighted by Gasteiger charge is 2.41. The average molecular weight is 436 g/mol. The summed E-state index contributed by atoms with van der Waals surface area (Å²) in [6.45, 7) is 3.84. The Morgan fingerprint density at radius 1 is 1.26 bits per heavy atom. The minimum atomic E-state index is -0.128. The Kier molecular flexibility index (Phi) is 5.90. The van der Waals surface area contributed by atoms with Crippen LogP contribution in [-0.2, 0) is 4.79 Å². The van der Waals surface area contributed by atoms with Crippen molar-refractivity contribution in [2.75, 3.05) is 17.3 Å². The van der Waals surface area contributed by atoms with E-state index in [0.717, 1.165) is 22.8 Å². The molecule has 2 aromatic heterocycles. The number of amides is 1. The van der Waals surface area contributed by atoms with Crippen LogP contribution in [0.5, 0.6) is 5.75 Å². The normalized spacial score (nSPS) is 18.0. The van der Waals surface area contributed by atoms with Gasteiger partial charge < -0.3 is 25.3 Å². The van der Waals surface area contributed by atoms with E-state index in [1.807, 2.05) is 56.3 Å². The smallest absolute Gasteiger partial charge is 0.224 e. The van der Waals surface area contributed by atoms with Gasteiger partial charge in [-0.15, -0.1) is 0 Å². The van der Waals surface area contributed by atoms with Gasteiger partial charge in [0.1, 0.15) is 11.8 Å². The number of benzene rings is 1. The van der Waals surface area contributed by atoms with Gasteiger partial charge in [0.25, 0.3) is 0 Å². The molecule has 3 aromatic rings. The second-order valence-corrected chi connectivity index (χ2v) is 7.77. The quantitative estimate of drug-likeness (QED) is 0.502. The van der Waals surface area contributed by atoms with Crippen LogP contribution in [0.4, 0.5) is 11.4 Å². The molecule has 1 fully saturated rings. The Morgan fingerprint density at radius 2 is 2.10 bits per heavy atom. The molecule has 0 saturated carbocycles. The number of pyridine rings is 1. The van der Waals surface area contributed by atoms with Crippen molar-refractivity contribution in [3.05, 3.63) is 71.8 Å². The van der Waals surface area contributed by atoms with Crippen molar-refractivity contribution < 1.29 is 9.53 Å². The van der Waals surface area contributed by atoms with Crippen LogP contribution in [0.25, 0.3) is 0 Å². The molecule has 0 spiro atoms. The van der Waals surface area contributed by atoms with Gasteiger partial charge in [0, 0.05) is 35.8 Å². The van der Waals surface area contributed by atoms with Gasteiger partial charge in [0.05, 0.1) is 24.5 Å². The van der Waals surface area contributed by atoms with Crippen LogP contribution in [0.2, 0.25) is 0 Å². The van der Waals surface area contributed by atoms with Crippen molar-refractivity contribution in [1.29, 1.82) is 0 Å². The summed E-state index contributed by atoms with van der Waals surface area (Å²) >= 11 is 5.75. The summed E-state index contributed by atoms with van der Waals surface area (Å²) in [6, 6.07) is 15.4. The van der Waals surface area contributed by atoms with E-state index in [1.165, 1.54) is 0 Å². The van der Waals surface area contributed by atoms with E-state index in [2.05, 4.69) is 31.6 Å². The lowest BCUT2D eigenvalue weighted by Crippen LogP contribution is -2.29. The van der Waals surface area contributed by atoms with Crippen LogP contribution < -0.4 is 20.3 Å². The number of rotatable bonds is 6. The predicted octanol–water partition coefficient (Wildman–Crippen LogP) is 4.25. The van der Waals surface area contributed by atoms with E-state index in [9.17, 15) is 4.79 Å². The number of nitrogens with zero attached hydrogens (tertiary/aromatic N) is 2. The lowest BCUT2D eigenvalue weighted by molar-refractivity contribution is -0.115. The Bertz CT molecular complexity index is 1100. The molecule has 0 unspecified atom stereocenters. The third kappa shape index (κ3) is 4.11. The molecule has 160 valence electrons. The van der Waals surface area contributed by atoms with Crippen LogP contribution in [0.15, 0.2) is 54.7 Å². The monoisotopic (exact) mass is 435 g/mol. The second-order valence-electron chi connectivity index (χ2n) is 7.38. The fourth-order valence-electron chi connectivity index (χ4n) is 3.82. The van der Waals surface area contributed by atoms with Crippen LogP contribution in [-0.4, -0.2) is 28.1 Å². The predicted molar refractivity (Wildman–Crippen MR) is 125 cm³/mol. The molecule has 8 heteroatoms. The van der Waals surface area contributed by atoms with Crippen LogP contribution in [0.3, 0.4) is 0 Å². The Morgan fingerprint density at radius 3 is 2.74 bits per heavy atom. The molecule has 1 aliphatic rings. The first-order chi connectivity index (χ1) is 15.0. The van der Waals surface area contributed by atoms with Gasteiger partial charge in [-0.05, 0) is 55.5 Å². The third-order valence-electron chi connectivity index (χ3n) is 5.33. The molecule has 1 amide bonds. The van der Waals surface area contributed by atoms with Crippen molar-refractivity contribution in [1.82, 2.24) is 15.3 Å². The number of aromatic amines is 1. The van der Waals surface area contributed by atoms with Crippen LogP contribution in [0, 0.1) is 6.92 Å². The van der Waals surface area contributed by atoms with E-state index in [0.29, 0.717) is 23.0 Å². The summed E-state index contributed by atoms with van der Waals surface area (Å²) in [7, 11) is 1.59. The number of thiocarbonyl (C=S) groups is 1. The Hall–Kier alpha value is -3.39. The topological polar surface area (TPSA) is 82.3 Å². The average Bonchev–Trinajstić information content (AvgIpc) is 3.37. The Balaban J connectivity index is 1.76. The van der Waals surface area contributed by atoms with Crippen LogP contribution in [0.1, 0.15) is 42.5 Å². The molecule has 1 aromatic carbocycles. The van der Waals surface area contributed by atoms with E-state index in [-0.39, 0.29) is 18.0 Å². The molecule has 0 bridgehead atoms. The van der Waals surface area contributed by atoms with E-state index in [1.54, 1.807) is 13.3 Å². The number of nitrogens with one attached hydrogen (secondary N) is 3. The first-order valence-corrected chi connectivity index (χ1v) is 10.6. The molecule has 4 rings (SSSR count). The number of aromatic nitrogens is 2. The fraction of sp³-hybridized carbons (Fsp3) is 0.261. The number of aryl methyl sites for hydroxylation is 1. The standard InChI is InChI=1S/C23H25N5O2S/c1-4-20(29)26-16-11-9-15(13-19(16)30-3)28-22(18-10-8-14(2)25-18)21(27-23(28)31)17-7-5-6-12-24-17/h5-13,21-22,25H,4H2,1-3H3,(H,26,29)(H,27,31)/t21-,22-/m1/s1. The number of hydrogen-bond acceptors (Lipinski definition) is 4. The number of H-pyrrole nitrogens is 1. The molecule has 31 heavy (non-hydrogen) atoms. The zero-order valence-corrected chi connectivity index (χ0v) is 18.5. The minimum absolute atomic E-state index is 0.0700. The van der Waals surface area contributed by atoms with Crippen LogP contribution >= 0.6 is 12.2 Å². The highest BCUT2D eigenvalue weighted by Crippen LogP contribution is 2.42. The lowest BCUT2D eigenvalue weighted by Gasteiger charge is -2.27. The summed E-state index contributed by atoms with van der Waals surface area (Å²) in [5.74, 6) is 0.504. The van der Waals surface area contributed by atoms with Crippen molar-refractivity contribution >= 4 is 34.6 Å². The highest BCUT2D eigenvalue weighted by atomic mass is 32.1. The second kappa shape index (κ2) is 8.77. The summed E-state index contributed by atoms with van der Waals surface area (Å²) in [6.07, 6.45) is 2.18. The molecule has 1 saturated heterocycles. The van der Waals surface area contributed by atoms with Gasteiger partial charge in [0.2, 0.25) is 5.91 Å². The highest BCUT2D eigenvalue weighted by molar-refractivity contribution is 7.80. The number of methoxy groups -OCH3 is 1. The maximum atomic E-state index is 11.9. The zero-order valence-electron chi connectivity index (χ0n) is 17.7. The minimum Gasteiger partial charge on any atom is -0.494 e. The molecule has 2 atom stereocenters. The van der Waals surface area contributed by atoms with Gasteiger partial charge in [-0.3, -0.25) is 9.78 Å². The molecule has 7 nitrogen and oxygen atoms in total. The number of anilines is 2. The molecular formula is C23H25N5O2S. The van der Waals surface area contributed by atoms with Gasteiger partial charge in [0.15, 0.2) is 5.11 Å². The summed E-state index contributed by atoms with van der Waals surface area (Å²) in [4.78, 5) is 21.9. The van der Waals surface area contributed by atoms with Crippen molar-refractivity contribution in [3.63, 3.8) is 0 Å². The number of carbonyl (C=O) groups excluding carboxylic acids is 1. The third-order valence-corrected chi connectivity index (χ3v) is 5.64. The first kappa shape index (κ1) is 20.9. The van der Waals surface area contributed by atoms with Gasteiger partial charge >= 0.3 is 0 Å². The number of ether oxygens (including phenoxy) is 1. The molecule has 0 radical (unpaired) electrons. The fourth-order valence-corrected chi connectivity index (χ4v) is 4.16. The molecule has 3 N–H and O–H groups in total. The van der Waals surface area contributed by atoms with Gasteiger partial charge in [-0.2, -0.15) is 0 Å². The van der Waals surface area contributed by atoms with E-state index in [4.69, 9.17) is 17.0 Å². The number of carbonyl (C=O) groups is 1. The summed E-state index contributed by atoms with van der Waals surface area (Å²) in [5, 5.41) is 6.91. The molecular weight excluding hydrogens is 410 g/mol. The van der Waals surface area contributed by atoms with E-state index >= 15 is 0 Å². The summed E-state index contributed by atoms with van der Waals surface area (Å²) < 4.78 is 5.56. The molecule has 1 aliphatic heterocycles. The number of hydrogen-bond donors (Lipinski definition) is 3. The molecule has 3 heterocycles. The zero-order chi connectivity index (χ0) is 22.0. The lowest BCUT2D eigenvalue weighted by atomic mass is 10.0. The van der Waals surface area contributed by atoms with E-state index < -0.39 is 0 Å². The first-order valence-electron chi connectivity index (χ1n) is 10.2. The SMILES string of the molecule is CCC(=O)Nc1ccc(N2C(=S)N[C@H](c3ccccn3)[C@H]2c2ccc(C)[nH]2)cc1OC. The summed E-state index contributed by atoms with van der Waals surface area (Å²) in [5.41, 5.74) is 4.50. The molecule has 0 aliphatic carbocycles. The largest absolute Gasteiger partial charge is 0.494 e. The maximum Gasteiger partial charge on any atom is 0.224 e. The van der Waals surface area contributed by atoms with Crippen molar-refractivity contribution in [2.24, 2.45) is 0 Å². The Labute approximate surface area is 186 Å². The van der Waals surface area contributed by atoms with Gasteiger partial charge in [-0.1, -0.05) is 13.0 Å². The maximum absolute atomic E-state index is 11.9. The van der Waals surface area contributed by atoms with Crippen molar-refractivity contribution in [3.8, 4) is 5.75 Å².